The molecular weight excluding hydrogens is 569 g/mol. The Morgan fingerprint density at radius 3 is 2.29 bits per heavy atom. The predicted octanol–water partition coefficient (Wildman–Crippen LogP) is 8.27. The average Bonchev–Trinajstić information content (AvgIpc) is 2.67. The van der Waals surface area contributed by atoms with Crippen molar-refractivity contribution >= 4 is 71.0 Å². The Kier molecular flexibility index (Phi) is 7.36. The standard InChI is InChI=1S/C22H13Br3ClNO/c23-18-5-1-14(2-6-18)13-28-22-16(10-19(24)11-21(22)25)9-17(12-27)15-3-7-20(26)8-4-15/h1-11H,13H2/b17-9+. The van der Waals surface area contributed by atoms with Crippen LogP contribution in [-0.4, -0.2) is 0 Å². The van der Waals surface area contributed by atoms with Crippen molar-refractivity contribution in [3.05, 3.63) is 95.8 Å². The van der Waals surface area contributed by atoms with Crippen LogP contribution < -0.4 is 4.74 Å². The summed E-state index contributed by atoms with van der Waals surface area (Å²) in [6.07, 6.45) is 1.82. The molecule has 0 bridgehead atoms. The van der Waals surface area contributed by atoms with Crippen molar-refractivity contribution in [1.29, 1.82) is 5.26 Å². The molecule has 6 heteroatoms. The van der Waals surface area contributed by atoms with Crippen molar-refractivity contribution in [3.8, 4) is 11.8 Å². The zero-order valence-corrected chi connectivity index (χ0v) is 19.9. The van der Waals surface area contributed by atoms with E-state index in [2.05, 4.69) is 53.9 Å². The van der Waals surface area contributed by atoms with Crippen molar-refractivity contribution in [2.24, 2.45) is 0 Å². The fraction of sp³-hybridized carbons (Fsp3) is 0.0455. The van der Waals surface area contributed by atoms with Crippen LogP contribution in [0.4, 0.5) is 0 Å². The van der Waals surface area contributed by atoms with Crippen LogP contribution in [-0.2, 0) is 6.61 Å². The Bertz CT molecular complexity index is 1050. The first kappa shape index (κ1) is 21.1. The molecule has 0 radical (unpaired) electrons. The van der Waals surface area contributed by atoms with Gasteiger partial charge >= 0.3 is 0 Å². The monoisotopic (exact) mass is 579 g/mol. The highest BCUT2D eigenvalue weighted by Gasteiger charge is 2.11. The lowest BCUT2D eigenvalue weighted by Gasteiger charge is -2.13. The van der Waals surface area contributed by atoms with E-state index in [-0.39, 0.29) is 0 Å². The molecule has 140 valence electrons. The van der Waals surface area contributed by atoms with Gasteiger partial charge in [0.05, 0.1) is 16.1 Å². The highest BCUT2D eigenvalue weighted by Crippen LogP contribution is 2.36. The number of benzene rings is 3. The third kappa shape index (κ3) is 5.48. The largest absolute Gasteiger partial charge is 0.487 e. The molecule has 0 saturated carbocycles. The Morgan fingerprint density at radius 1 is 0.964 bits per heavy atom. The van der Waals surface area contributed by atoms with Crippen LogP contribution in [0, 0.1) is 11.3 Å². The van der Waals surface area contributed by atoms with Crippen LogP contribution in [0.3, 0.4) is 0 Å². The summed E-state index contributed by atoms with van der Waals surface area (Å²) in [5, 5.41) is 10.3. The summed E-state index contributed by atoms with van der Waals surface area (Å²) in [5.74, 6) is 0.674. The Balaban J connectivity index is 1.96. The molecule has 3 aromatic rings. The van der Waals surface area contributed by atoms with E-state index in [4.69, 9.17) is 16.3 Å². The third-order valence-corrected chi connectivity index (χ3v) is 5.74. The fourth-order valence-corrected chi connectivity index (χ4v) is 4.30. The summed E-state index contributed by atoms with van der Waals surface area (Å²) in [6.45, 7) is 0.414. The second-order valence-electron chi connectivity index (χ2n) is 5.90. The molecule has 0 aliphatic heterocycles. The van der Waals surface area contributed by atoms with Gasteiger partial charge in [0.1, 0.15) is 12.4 Å². The maximum Gasteiger partial charge on any atom is 0.141 e. The van der Waals surface area contributed by atoms with Gasteiger partial charge in [-0.3, -0.25) is 0 Å². The van der Waals surface area contributed by atoms with Crippen LogP contribution >= 0.6 is 59.4 Å². The minimum Gasteiger partial charge on any atom is -0.487 e. The van der Waals surface area contributed by atoms with E-state index < -0.39 is 0 Å². The lowest BCUT2D eigenvalue weighted by Crippen LogP contribution is -1.98. The number of ether oxygens (including phenoxy) is 1. The summed E-state index contributed by atoms with van der Waals surface area (Å²) in [5.41, 5.74) is 3.16. The first-order valence-electron chi connectivity index (χ1n) is 8.20. The van der Waals surface area contributed by atoms with Gasteiger partial charge in [0.25, 0.3) is 0 Å². The van der Waals surface area contributed by atoms with Gasteiger partial charge in [0.2, 0.25) is 0 Å². The average molecular weight is 583 g/mol. The van der Waals surface area contributed by atoms with Crippen LogP contribution in [0.2, 0.25) is 5.02 Å². The molecule has 3 aromatic carbocycles. The van der Waals surface area contributed by atoms with Gasteiger partial charge < -0.3 is 4.74 Å². The second kappa shape index (κ2) is 9.76. The van der Waals surface area contributed by atoms with E-state index in [1.165, 1.54) is 0 Å². The van der Waals surface area contributed by atoms with Gasteiger partial charge in [-0.1, -0.05) is 67.7 Å². The van der Waals surface area contributed by atoms with E-state index in [1.54, 1.807) is 12.1 Å². The normalized spacial score (nSPS) is 11.2. The zero-order chi connectivity index (χ0) is 20.1. The fourth-order valence-electron chi connectivity index (χ4n) is 2.54. The van der Waals surface area contributed by atoms with Gasteiger partial charge in [0, 0.05) is 19.5 Å². The molecule has 2 nitrogen and oxygen atoms in total. The summed E-state index contributed by atoms with van der Waals surface area (Å²) < 4.78 is 8.80. The van der Waals surface area contributed by atoms with Crippen LogP contribution in [0.15, 0.2) is 74.1 Å². The lowest BCUT2D eigenvalue weighted by molar-refractivity contribution is 0.303. The number of allylic oxidation sites excluding steroid dienone is 1. The van der Waals surface area contributed by atoms with E-state index in [0.29, 0.717) is 23.0 Å². The molecule has 0 amide bonds. The highest BCUT2D eigenvalue weighted by atomic mass is 79.9. The van der Waals surface area contributed by atoms with Crippen LogP contribution in [0.5, 0.6) is 5.75 Å². The van der Waals surface area contributed by atoms with Gasteiger partial charge in [-0.2, -0.15) is 5.26 Å². The first-order chi connectivity index (χ1) is 13.5. The van der Waals surface area contributed by atoms with Crippen molar-refractivity contribution in [2.45, 2.75) is 6.61 Å². The molecular formula is C22H13Br3ClNO. The molecule has 0 saturated heterocycles. The number of hydrogen-bond acceptors (Lipinski definition) is 2. The second-order valence-corrected chi connectivity index (χ2v) is 9.02. The van der Waals surface area contributed by atoms with E-state index in [0.717, 1.165) is 30.1 Å². The van der Waals surface area contributed by atoms with Crippen molar-refractivity contribution < 1.29 is 4.74 Å². The molecule has 0 aliphatic carbocycles. The maximum absolute atomic E-state index is 9.65. The van der Waals surface area contributed by atoms with E-state index >= 15 is 0 Å². The van der Waals surface area contributed by atoms with Gasteiger partial charge in [-0.05, 0) is 69.5 Å². The van der Waals surface area contributed by atoms with E-state index in [1.807, 2.05) is 54.6 Å². The van der Waals surface area contributed by atoms with Crippen molar-refractivity contribution in [1.82, 2.24) is 0 Å². The SMILES string of the molecule is N#C/C(=C\c1cc(Br)cc(Br)c1OCc1ccc(Br)cc1)c1ccc(Cl)cc1. The number of nitriles is 1. The minimum atomic E-state index is 0.414. The first-order valence-corrected chi connectivity index (χ1v) is 11.0. The molecule has 0 fully saturated rings. The topological polar surface area (TPSA) is 33.0 Å². The highest BCUT2D eigenvalue weighted by molar-refractivity contribution is 9.11. The molecule has 0 heterocycles. The predicted molar refractivity (Wildman–Crippen MR) is 125 cm³/mol. The maximum atomic E-state index is 9.65. The number of nitrogens with zero attached hydrogens (tertiary/aromatic N) is 1. The van der Waals surface area contributed by atoms with E-state index in [9.17, 15) is 5.26 Å². The molecule has 0 N–H and O–H groups in total. The van der Waals surface area contributed by atoms with Crippen LogP contribution in [0.1, 0.15) is 16.7 Å². The smallest absolute Gasteiger partial charge is 0.141 e. The zero-order valence-electron chi connectivity index (χ0n) is 14.4. The molecule has 0 aliphatic rings. The molecule has 0 atom stereocenters. The Labute approximate surface area is 194 Å². The van der Waals surface area contributed by atoms with Gasteiger partial charge in [-0.15, -0.1) is 0 Å². The number of hydrogen-bond donors (Lipinski definition) is 0. The van der Waals surface area contributed by atoms with Crippen molar-refractivity contribution in [2.75, 3.05) is 0 Å². The summed E-state index contributed by atoms with van der Waals surface area (Å²) >= 11 is 16.5. The third-order valence-electron chi connectivity index (χ3n) is 3.91. The Hall–Kier alpha value is -1.58. The van der Waals surface area contributed by atoms with Gasteiger partial charge in [0.15, 0.2) is 0 Å². The van der Waals surface area contributed by atoms with Gasteiger partial charge in [-0.25, -0.2) is 0 Å². The Morgan fingerprint density at radius 2 is 1.64 bits per heavy atom. The minimum absolute atomic E-state index is 0.414. The summed E-state index contributed by atoms with van der Waals surface area (Å²) in [6, 6.07) is 21.2. The molecule has 28 heavy (non-hydrogen) atoms. The lowest BCUT2D eigenvalue weighted by atomic mass is 10.0. The quantitative estimate of drug-likeness (QED) is 0.224. The molecule has 0 aromatic heterocycles. The molecule has 0 unspecified atom stereocenters. The summed E-state index contributed by atoms with van der Waals surface area (Å²) in [4.78, 5) is 0. The molecule has 3 rings (SSSR count). The number of halogens is 4. The van der Waals surface area contributed by atoms with Crippen LogP contribution in [0.25, 0.3) is 11.6 Å². The molecule has 0 spiro atoms. The number of rotatable bonds is 5. The summed E-state index contributed by atoms with van der Waals surface area (Å²) in [7, 11) is 0. The van der Waals surface area contributed by atoms with Crippen molar-refractivity contribution in [3.63, 3.8) is 0 Å².